The van der Waals surface area contributed by atoms with E-state index in [2.05, 4.69) is 0 Å². The second-order valence-electron chi connectivity index (χ2n) is 6.48. The topological polar surface area (TPSA) is 89.8 Å². The molecule has 0 unspecified atom stereocenters. The monoisotopic (exact) mass is 430 g/mol. The van der Waals surface area contributed by atoms with Crippen LogP contribution in [0, 0.1) is 10.1 Å². The molecule has 7 nitrogen and oxygen atoms in total. The number of benzene rings is 2. The van der Waals surface area contributed by atoms with Crippen molar-refractivity contribution in [1.82, 2.24) is 4.31 Å². The maximum atomic E-state index is 12.8. The zero-order chi connectivity index (χ0) is 21.2. The Balaban J connectivity index is 1.94. The average Bonchev–Trinajstić information content (AvgIpc) is 2.68. The van der Waals surface area contributed by atoms with Crippen molar-refractivity contribution in [2.45, 2.75) is 30.3 Å². The van der Waals surface area contributed by atoms with E-state index in [4.69, 9.17) is 4.74 Å². The van der Waals surface area contributed by atoms with Crippen LogP contribution in [0.4, 0.5) is 18.9 Å². The highest BCUT2D eigenvalue weighted by atomic mass is 32.2. The molecule has 0 amide bonds. The van der Waals surface area contributed by atoms with E-state index in [1.165, 1.54) is 10.4 Å². The molecule has 29 heavy (non-hydrogen) atoms. The van der Waals surface area contributed by atoms with Crippen LogP contribution in [-0.4, -0.2) is 30.7 Å². The highest BCUT2D eigenvalue weighted by molar-refractivity contribution is 7.89. The summed E-state index contributed by atoms with van der Waals surface area (Å²) in [6, 6.07) is 6.98. The van der Waals surface area contributed by atoms with Gasteiger partial charge in [-0.25, -0.2) is 8.42 Å². The summed E-state index contributed by atoms with van der Waals surface area (Å²) < 4.78 is 70.5. The molecule has 1 aliphatic rings. The Morgan fingerprint density at radius 2 is 1.72 bits per heavy atom. The van der Waals surface area contributed by atoms with Crippen molar-refractivity contribution in [1.29, 1.82) is 0 Å². The molecule has 2 aromatic rings. The number of nitro groups is 1. The third-order valence-electron chi connectivity index (χ3n) is 4.47. The summed E-state index contributed by atoms with van der Waals surface area (Å²) >= 11 is 0. The molecule has 0 saturated carbocycles. The highest BCUT2D eigenvalue weighted by Gasteiger charge is 2.31. The van der Waals surface area contributed by atoms with E-state index in [1.54, 1.807) is 0 Å². The van der Waals surface area contributed by atoms with Gasteiger partial charge in [0.1, 0.15) is 5.75 Å². The summed E-state index contributed by atoms with van der Waals surface area (Å²) in [4.78, 5) is 10.3. The van der Waals surface area contributed by atoms with Crippen LogP contribution in [0.5, 0.6) is 11.5 Å². The van der Waals surface area contributed by atoms with Crippen LogP contribution < -0.4 is 4.74 Å². The third-order valence-corrected chi connectivity index (χ3v) is 6.36. The maximum Gasteiger partial charge on any atom is 0.416 e. The van der Waals surface area contributed by atoms with Gasteiger partial charge in [-0.15, -0.1) is 0 Å². The Kier molecular flexibility index (Phi) is 5.80. The Bertz CT molecular complexity index is 1020. The highest BCUT2D eigenvalue weighted by Crippen LogP contribution is 2.37. The van der Waals surface area contributed by atoms with E-state index in [0.29, 0.717) is 32.0 Å². The molecule has 0 N–H and O–H groups in total. The molecule has 0 aliphatic carbocycles. The Morgan fingerprint density at radius 1 is 1.03 bits per heavy atom. The lowest BCUT2D eigenvalue weighted by Gasteiger charge is -2.25. The van der Waals surface area contributed by atoms with Gasteiger partial charge in [-0.2, -0.15) is 17.5 Å². The number of sulfonamides is 1. The van der Waals surface area contributed by atoms with Gasteiger partial charge < -0.3 is 4.74 Å². The Hall–Kier alpha value is -2.66. The summed E-state index contributed by atoms with van der Waals surface area (Å²) in [5, 5.41) is 11.4. The molecule has 1 aliphatic heterocycles. The summed E-state index contributed by atoms with van der Waals surface area (Å²) in [5.74, 6) is -0.610. The molecule has 1 fully saturated rings. The number of hydrogen-bond donors (Lipinski definition) is 0. The van der Waals surface area contributed by atoms with Crippen molar-refractivity contribution >= 4 is 15.7 Å². The van der Waals surface area contributed by atoms with Gasteiger partial charge in [-0.05, 0) is 43.2 Å². The van der Waals surface area contributed by atoms with Crippen LogP contribution in [0.1, 0.15) is 24.8 Å². The fourth-order valence-electron chi connectivity index (χ4n) is 3.00. The first-order valence-corrected chi connectivity index (χ1v) is 10.2. The minimum absolute atomic E-state index is 0.255. The molecule has 0 atom stereocenters. The summed E-state index contributed by atoms with van der Waals surface area (Å²) in [6.45, 7) is 0.664. The second kappa shape index (κ2) is 7.99. The van der Waals surface area contributed by atoms with Crippen molar-refractivity contribution in [3.05, 3.63) is 58.1 Å². The summed E-state index contributed by atoms with van der Waals surface area (Å²) in [5.41, 5.74) is -1.62. The molecule has 2 aromatic carbocycles. The molecule has 1 heterocycles. The van der Waals surface area contributed by atoms with Crippen LogP contribution in [0.2, 0.25) is 0 Å². The fourth-order valence-corrected chi connectivity index (χ4v) is 4.54. The number of nitrogens with zero attached hydrogens (tertiary/aromatic N) is 2. The molecule has 0 radical (unpaired) electrons. The number of alkyl halides is 3. The van der Waals surface area contributed by atoms with Crippen LogP contribution in [-0.2, 0) is 16.2 Å². The van der Waals surface area contributed by atoms with E-state index >= 15 is 0 Å². The molecule has 0 aromatic heterocycles. The third kappa shape index (κ3) is 4.67. The van der Waals surface area contributed by atoms with Crippen LogP contribution in [0.3, 0.4) is 0 Å². The minimum Gasteiger partial charge on any atom is -0.450 e. The largest absolute Gasteiger partial charge is 0.450 e. The zero-order valence-electron chi connectivity index (χ0n) is 15.1. The quantitative estimate of drug-likeness (QED) is 0.512. The molecule has 0 spiro atoms. The second-order valence-corrected chi connectivity index (χ2v) is 8.42. The normalized spacial score (nSPS) is 15.8. The number of piperidine rings is 1. The fraction of sp³-hybridized carbons (Fsp3) is 0.333. The van der Waals surface area contributed by atoms with Crippen molar-refractivity contribution in [3.63, 3.8) is 0 Å². The lowest BCUT2D eigenvalue weighted by molar-refractivity contribution is -0.385. The molecular weight excluding hydrogens is 413 g/mol. The predicted molar refractivity (Wildman–Crippen MR) is 97.2 cm³/mol. The predicted octanol–water partition coefficient (Wildman–Crippen LogP) is 4.58. The lowest BCUT2D eigenvalue weighted by atomic mass is 10.2. The smallest absolute Gasteiger partial charge is 0.416 e. The van der Waals surface area contributed by atoms with Crippen molar-refractivity contribution in [2.75, 3.05) is 13.1 Å². The molecule has 0 bridgehead atoms. The Morgan fingerprint density at radius 3 is 2.34 bits per heavy atom. The van der Waals surface area contributed by atoms with Crippen molar-refractivity contribution in [3.8, 4) is 11.5 Å². The molecule has 1 saturated heterocycles. The molecule has 3 rings (SSSR count). The van der Waals surface area contributed by atoms with Gasteiger partial charge in [-0.1, -0.05) is 12.5 Å². The van der Waals surface area contributed by atoms with E-state index < -0.39 is 32.4 Å². The van der Waals surface area contributed by atoms with E-state index in [9.17, 15) is 31.7 Å². The molecule has 156 valence electrons. The number of rotatable bonds is 5. The molecular formula is C18H17F3N2O5S. The summed E-state index contributed by atoms with van der Waals surface area (Å²) in [7, 11) is -3.91. The first-order chi connectivity index (χ1) is 13.6. The SMILES string of the molecule is O=[N+]([O-])c1cc(S(=O)(=O)N2CCCCC2)ccc1Oc1cccc(C(F)(F)F)c1. The molecule has 11 heteroatoms. The van der Waals surface area contributed by atoms with E-state index in [1.807, 2.05) is 0 Å². The van der Waals surface area contributed by atoms with Crippen LogP contribution in [0.15, 0.2) is 47.4 Å². The standard InChI is InChI=1S/C18H17F3N2O5S/c19-18(20,21)13-5-4-6-14(11-13)28-17-8-7-15(12-16(17)23(24)25)29(26,27)22-9-2-1-3-10-22/h4-8,11-12H,1-3,9-10H2. The van der Waals surface area contributed by atoms with Crippen molar-refractivity contribution < 1.29 is 31.2 Å². The Labute approximate surface area is 164 Å². The van der Waals surface area contributed by atoms with Crippen LogP contribution in [0.25, 0.3) is 0 Å². The number of halogens is 3. The maximum absolute atomic E-state index is 12.8. The summed E-state index contributed by atoms with van der Waals surface area (Å²) in [6.07, 6.45) is -2.27. The zero-order valence-corrected chi connectivity index (χ0v) is 15.9. The van der Waals surface area contributed by atoms with Crippen molar-refractivity contribution in [2.24, 2.45) is 0 Å². The van der Waals surface area contributed by atoms with Gasteiger partial charge >= 0.3 is 11.9 Å². The first-order valence-electron chi connectivity index (χ1n) is 8.73. The van der Waals surface area contributed by atoms with Crippen LogP contribution >= 0.6 is 0 Å². The van der Waals surface area contributed by atoms with Gasteiger partial charge in [0.25, 0.3) is 0 Å². The number of nitro benzene ring substituents is 1. The van der Waals surface area contributed by atoms with Gasteiger partial charge in [-0.3, -0.25) is 10.1 Å². The van der Waals surface area contributed by atoms with E-state index in [0.717, 1.165) is 36.8 Å². The lowest BCUT2D eigenvalue weighted by Crippen LogP contribution is -2.35. The van der Waals surface area contributed by atoms with Gasteiger partial charge in [0.05, 0.1) is 15.4 Å². The minimum atomic E-state index is -4.60. The number of hydrogen-bond acceptors (Lipinski definition) is 5. The average molecular weight is 430 g/mol. The van der Waals surface area contributed by atoms with Gasteiger partial charge in [0.2, 0.25) is 15.8 Å². The first kappa shape index (κ1) is 21.1. The number of ether oxygens (including phenoxy) is 1. The van der Waals surface area contributed by atoms with E-state index in [-0.39, 0.29) is 16.4 Å². The van der Waals surface area contributed by atoms with Gasteiger partial charge in [0, 0.05) is 19.2 Å². The van der Waals surface area contributed by atoms with Gasteiger partial charge in [0.15, 0.2) is 0 Å².